The van der Waals surface area contributed by atoms with Gasteiger partial charge < -0.3 is 25.2 Å². The number of carboxylic acid groups (broad SMARTS) is 1. The minimum atomic E-state index is -1.19. The van der Waals surface area contributed by atoms with Gasteiger partial charge in [0.2, 0.25) is 0 Å². The summed E-state index contributed by atoms with van der Waals surface area (Å²) in [6.45, 7) is 1.04. The van der Waals surface area contributed by atoms with Crippen molar-refractivity contribution in [3.05, 3.63) is 0 Å². The largest absolute Gasteiger partial charge is 0.480 e. The summed E-state index contributed by atoms with van der Waals surface area (Å²) in [7, 11) is 2.82. The molecule has 0 saturated carbocycles. The van der Waals surface area contributed by atoms with Gasteiger partial charge in [0, 0.05) is 26.7 Å². The fourth-order valence-corrected chi connectivity index (χ4v) is 1.40. The van der Waals surface area contributed by atoms with Crippen LogP contribution >= 0.6 is 0 Å². The van der Waals surface area contributed by atoms with E-state index in [2.05, 4.69) is 15.4 Å². The number of rotatable bonds is 10. The highest BCUT2D eigenvalue weighted by atomic mass is 16.5. The fourth-order valence-electron chi connectivity index (χ4n) is 1.40. The molecule has 8 nitrogen and oxygen atoms in total. The number of aliphatic carboxylic acids is 1. The van der Waals surface area contributed by atoms with Crippen molar-refractivity contribution < 1.29 is 29.0 Å². The number of carbonyl (C=O) groups excluding carboxylic acids is 2. The van der Waals surface area contributed by atoms with Gasteiger partial charge in [-0.1, -0.05) is 0 Å². The summed E-state index contributed by atoms with van der Waals surface area (Å²) in [5.41, 5.74) is 0. The first kappa shape index (κ1) is 18.2. The van der Waals surface area contributed by atoms with E-state index < -0.39 is 24.0 Å². The third-order valence-electron chi connectivity index (χ3n) is 2.53. The van der Waals surface area contributed by atoms with Crippen molar-refractivity contribution in [1.29, 1.82) is 0 Å². The maximum atomic E-state index is 11.5. The van der Waals surface area contributed by atoms with Gasteiger partial charge in [-0.3, -0.25) is 4.79 Å². The molecule has 0 aromatic heterocycles. The molecule has 0 aliphatic carbocycles. The maximum Gasteiger partial charge on any atom is 0.326 e. The standard InChI is InChI=1S/C12H22N2O6/c1-19-8-4-3-7-13-12(18)14-9(11(16)17)5-6-10(15)20-2/h9H,3-8H2,1-2H3,(H,16,17)(H2,13,14,18)/t9-/m0/s1. The number of esters is 1. The highest BCUT2D eigenvalue weighted by molar-refractivity contribution is 5.83. The molecule has 2 amide bonds. The lowest BCUT2D eigenvalue weighted by Gasteiger charge is -2.14. The summed E-state index contributed by atoms with van der Waals surface area (Å²) < 4.78 is 9.28. The van der Waals surface area contributed by atoms with Gasteiger partial charge in [0.1, 0.15) is 6.04 Å². The van der Waals surface area contributed by atoms with E-state index in [0.717, 1.165) is 12.8 Å². The van der Waals surface area contributed by atoms with E-state index in [1.165, 1.54) is 7.11 Å². The zero-order valence-electron chi connectivity index (χ0n) is 11.8. The van der Waals surface area contributed by atoms with E-state index in [1.807, 2.05) is 0 Å². The normalized spacial score (nSPS) is 11.5. The summed E-state index contributed by atoms with van der Waals surface area (Å²) in [5.74, 6) is -1.71. The molecule has 3 N–H and O–H groups in total. The van der Waals surface area contributed by atoms with Gasteiger partial charge in [-0.2, -0.15) is 0 Å². The molecule has 0 fully saturated rings. The molecule has 0 heterocycles. The molecule has 0 saturated heterocycles. The zero-order valence-corrected chi connectivity index (χ0v) is 11.8. The highest BCUT2D eigenvalue weighted by Gasteiger charge is 2.20. The Morgan fingerprint density at radius 1 is 1.20 bits per heavy atom. The van der Waals surface area contributed by atoms with Crippen LogP contribution in [0, 0.1) is 0 Å². The first-order chi connectivity index (χ1) is 9.51. The Labute approximate surface area is 117 Å². The molecular weight excluding hydrogens is 268 g/mol. The van der Waals surface area contributed by atoms with Gasteiger partial charge >= 0.3 is 18.0 Å². The smallest absolute Gasteiger partial charge is 0.326 e. The molecule has 1 atom stereocenters. The number of nitrogens with one attached hydrogen (secondary N) is 2. The third kappa shape index (κ3) is 9.15. The summed E-state index contributed by atoms with van der Waals surface area (Å²) in [5, 5.41) is 13.8. The second-order valence-corrected chi connectivity index (χ2v) is 4.11. The lowest BCUT2D eigenvalue weighted by molar-refractivity contribution is -0.142. The number of amides is 2. The molecule has 0 spiro atoms. The molecule has 20 heavy (non-hydrogen) atoms. The minimum Gasteiger partial charge on any atom is -0.480 e. The number of hydrogen-bond acceptors (Lipinski definition) is 5. The Kier molecular flexibility index (Phi) is 10.0. The predicted octanol–water partition coefficient (Wildman–Crippen LogP) is 0.119. The summed E-state index contributed by atoms with van der Waals surface area (Å²) in [4.78, 5) is 33.4. The van der Waals surface area contributed by atoms with Crippen LogP contribution in [0.15, 0.2) is 0 Å². The number of carboxylic acids is 1. The molecule has 116 valence electrons. The molecule has 8 heteroatoms. The lowest BCUT2D eigenvalue weighted by Crippen LogP contribution is -2.46. The monoisotopic (exact) mass is 290 g/mol. The van der Waals surface area contributed by atoms with Crippen LogP contribution in [0.25, 0.3) is 0 Å². The first-order valence-corrected chi connectivity index (χ1v) is 6.34. The van der Waals surface area contributed by atoms with E-state index in [1.54, 1.807) is 7.11 Å². The van der Waals surface area contributed by atoms with E-state index in [-0.39, 0.29) is 12.8 Å². The zero-order chi connectivity index (χ0) is 15.4. The topological polar surface area (TPSA) is 114 Å². The summed E-state index contributed by atoms with van der Waals surface area (Å²) in [6, 6.07) is -1.69. The molecule has 0 unspecified atom stereocenters. The predicted molar refractivity (Wildman–Crippen MR) is 70.3 cm³/mol. The van der Waals surface area contributed by atoms with Crippen LogP contribution in [0.4, 0.5) is 4.79 Å². The molecule has 0 aliphatic heterocycles. The van der Waals surface area contributed by atoms with Crippen LogP contribution in [-0.2, 0) is 19.1 Å². The second-order valence-electron chi connectivity index (χ2n) is 4.11. The molecule has 0 aromatic rings. The van der Waals surface area contributed by atoms with Crippen molar-refractivity contribution in [3.63, 3.8) is 0 Å². The number of unbranched alkanes of at least 4 members (excludes halogenated alkanes) is 1. The van der Waals surface area contributed by atoms with Gasteiger partial charge in [-0.15, -0.1) is 0 Å². The Morgan fingerprint density at radius 3 is 2.45 bits per heavy atom. The van der Waals surface area contributed by atoms with Crippen LogP contribution in [0.3, 0.4) is 0 Å². The summed E-state index contributed by atoms with van der Waals surface area (Å²) in [6.07, 6.45) is 1.46. The van der Waals surface area contributed by atoms with Crippen LogP contribution < -0.4 is 10.6 Å². The van der Waals surface area contributed by atoms with Crippen molar-refractivity contribution >= 4 is 18.0 Å². The Hall–Kier alpha value is -1.83. The number of hydrogen-bond donors (Lipinski definition) is 3. The van der Waals surface area contributed by atoms with Crippen molar-refractivity contribution in [2.75, 3.05) is 27.4 Å². The Balaban J connectivity index is 3.96. The number of urea groups is 1. The maximum absolute atomic E-state index is 11.5. The van der Waals surface area contributed by atoms with Crippen LogP contribution in [-0.4, -0.2) is 56.5 Å². The molecular formula is C12H22N2O6. The number of carbonyl (C=O) groups is 3. The summed E-state index contributed by atoms with van der Waals surface area (Å²) >= 11 is 0. The molecule has 0 aromatic carbocycles. The third-order valence-corrected chi connectivity index (χ3v) is 2.53. The molecule has 0 rings (SSSR count). The number of methoxy groups -OCH3 is 2. The SMILES string of the molecule is COCCCCNC(=O)N[C@@H](CCC(=O)OC)C(=O)O. The van der Waals surface area contributed by atoms with E-state index >= 15 is 0 Å². The highest BCUT2D eigenvalue weighted by Crippen LogP contribution is 1.99. The average molecular weight is 290 g/mol. The van der Waals surface area contributed by atoms with Crippen molar-refractivity contribution in [1.82, 2.24) is 10.6 Å². The first-order valence-electron chi connectivity index (χ1n) is 6.34. The van der Waals surface area contributed by atoms with E-state index in [9.17, 15) is 14.4 Å². The molecule has 0 bridgehead atoms. The van der Waals surface area contributed by atoms with Crippen LogP contribution in [0.1, 0.15) is 25.7 Å². The van der Waals surface area contributed by atoms with E-state index in [4.69, 9.17) is 9.84 Å². The number of ether oxygens (including phenoxy) is 2. The van der Waals surface area contributed by atoms with E-state index in [0.29, 0.717) is 13.2 Å². The minimum absolute atomic E-state index is 0.0148. The Bertz CT molecular complexity index is 321. The Morgan fingerprint density at radius 2 is 1.90 bits per heavy atom. The van der Waals surface area contributed by atoms with Crippen LogP contribution in [0.2, 0.25) is 0 Å². The van der Waals surface area contributed by atoms with Crippen molar-refractivity contribution in [2.24, 2.45) is 0 Å². The molecule has 0 aliphatic rings. The van der Waals surface area contributed by atoms with Gasteiger partial charge in [-0.25, -0.2) is 9.59 Å². The lowest BCUT2D eigenvalue weighted by atomic mass is 10.1. The van der Waals surface area contributed by atoms with Crippen LogP contribution in [0.5, 0.6) is 0 Å². The average Bonchev–Trinajstić information content (AvgIpc) is 2.42. The van der Waals surface area contributed by atoms with Gasteiger partial charge in [0.15, 0.2) is 0 Å². The fraction of sp³-hybridized carbons (Fsp3) is 0.750. The van der Waals surface area contributed by atoms with Gasteiger partial charge in [0.25, 0.3) is 0 Å². The van der Waals surface area contributed by atoms with Crippen molar-refractivity contribution in [3.8, 4) is 0 Å². The molecule has 0 radical (unpaired) electrons. The van der Waals surface area contributed by atoms with Gasteiger partial charge in [0.05, 0.1) is 7.11 Å². The van der Waals surface area contributed by atoms with Gasteiger partial charge in [-0.05, 0) is 19.3 Å². The van der Waals surface area contributed by atoms with Crippen molar-refractivity contribution in [2.45, 2.75) is 31.7 Å². The second kappa shape index (κ2) is 11.0. The quantitative estimate of drug-likeness (QED) is 0.389.